The standard InChI is InChI=1S/C16H15BrN4O/c1-11-2-4-14(5-3-11)21-16(13(8-18)9-19-21)20-10-12(7-17)6-15(20)22/h2-5,9,12H,6-7,10H2,1H3. The lowest BCUT2D eigenvalue weighted by Crippen LogP contribution is -2.28. The second kappa shape index (κ2) is 5.93. The third kappa shape index (κ3) is 2.53. The molecule has 1 saturated heterocycles. The van der Waals surface area contributed by atoms with E-state index in [1.165, 1.54) is 6.20 Å². The number of hydrogen-bond donors (Lipinski definition) is 0. The zero-order valence-electron chi connectivity index (χ0n) is 12.2. The van der Waals surface area contributed by atoms with Crippen molar-refractivity contribution in [3.05, 3.63) is 41.6 Å². The number of anilines is 1. The van der Waals surface area contributed by atoms with Crippen LogP contribution in [0.5, 0.6) is 0 Å². The van der Waals surface area contributed by atoms with Gasteiger partial charge in [-0.05, 0) is 25.0 Å². The minimum atomic E-state index is 0.0369. The van der Waals surface area contributed by atoms with Gasteiger partial charge in [-0.25, -0.2) is 4.68 Å². The number of rotatable bonds is 3. The molecule has 2 heterocycles. The van der Waals surface area contributed by atoms with Crippen LogP contribution in [0.2, 0.25) is 0 Å². The van der Waals surface area contributed by atoms with Crippen molar-refractivity contribution < 1.29 is 4.79 Å². The summed E-state index contributed by atoms with van der Waals surface area (Å²) in [6.45, 7) is 2.62. The Kier molecular flexibility index (Phi) is 3.99. The summed E-state index contributed by atoms with van der Waals surface area (Å²) in [5.41, 5.74) is 2.41. The van der Waals surface area contributed by atoms with Crippen LogP contribution >= 0.6 is 15.9 Å². The van der Waals surface area contributed by atoms with E-state index in [1.54, 1.807) is 9.58 Å². The molecule has 3 rings (SSSR count). The molecule has 112 valence electrons. The molecule has 0 aliphatic carbocycles. The molecule has 0 radical (unpaired) electrons. The van der Waals surface area contributed by atoms with Gasteiger partial charge in [0, 0.05) is 18.3 Å². The summed E-state index contributed by atoms with van der Waals surface area (Å²) in [5.74, 6) is 0.870. The fourth-order valence-electron chi connectivity index (χ4n) is 2.65. The lowest BCUT2D eigenvalue weighted by atomic mass is 10.2. The van der Waals surface area contributed by atoms with Crippen LogP contribution in [-0.2, 0) is 4.79 Å². The van der Waals surface area contributed by atoms with E-state index in [9.17, 15) is 10.1 Å². The molecule has 1 aliphatic heterocycles. The molecule has 1 amide bonds. The number of alkyl halides is 1. The van der Waals surface area contributed by atoms with Crippen LogP contribution in [0.4, 0.5) is 5.82 Å². The number of carbonyl (C=O) groups is 1. The van der Waals surface area contributed by atoms with Crippen LogP contribution in [-0.4, -0.2) is 27.6 Å². The SMILES string of the molecule is Cc1ccc(-n2ncc(C#N)c2N2CC(CBr)CC2=O)cc1. The minimum Gasteiger partial charge on any atom is -0.295 e. The van der Waals surface area contributed by atoms with Gasteiger partial charge in [-0.15, -0.1) is 0 Å². The Balaban J connectivity index is 2.07. The molecule has 1 aliphatic rings. The van der Waals surface area contributed by atoms with E-state index in [-0.39, 0.29) is 11.8 Å². The van der Waals surface area contributed by atoms with E-state index in [2.05, 4.69) is 27.1 Å². The number of halogens is 1. The van der Waals surface area contributed by atoms with Crippen molar-refractivity contribution in [2.45, 2.75) is 13.3 Å². The highest BCUT2D eigenvalue weighted by molar-refractivity contribution is 9.09. The number of aryl methyl sites for hydroxylation is 1. The highest BCUT2D eigenvalue weighted by Gasteiger charge is 2.33. The van der Waals surface area contributed by atoms with Gasteiger partial charge in [0.1, 0.15) is 11.6 Å². The van der Waals surface area contributed by atoms with Gasteiger partial charge in [0.15, 0.2) is 5.82 Å². The fourth-order valence-corrected chi connectivity index (χ4v) is 3.08. The summed E-state index contributed by atoms with van der Waals surface area (Å²) in [7, 11) is 0. The van der Waals surface area contributed by atoms with E-state index in [4.69, 9.17) is 0 Å². The molecule has 6 heteroatoms. The number of hydrogen-bond acceptors (Lipinski definition) is 3. The maximum atomic E-state index is 12.3. The molecular formula is C16H15BrN4O. The van der Waals surface area contributed by atoms with Gasteiger partial charge in [-0.2, -0.15) is 10.4 Å². The summed E-state index contributed by atoms with van der Waals surface area (Å²) in [6.07, 6.45) is 2.01. The molecule has 0 N–H and O–H groups in total. The first-order chi connectivity index (χ1) is 10.6. The average molecular weight is 359 g/mol. The Labute approximate surface area is 137 Å². The summed E-state index contributed by atoms with van der Waals surface area (Å²) >= 11 is 3.44. The van der Waals surface area contributed by atoms with Crippen LogP contribution in [0, 0.1) is 24.2 Å². The van der Waals surface area contributed by atoms with Crippen LogP contribution in [0.25, 0.3) is 5.69 Å². The monoisotopic (exact) mass is 358 g/mol. The Morgan fingerprint density at radius 3 is 2.73 bits per heavy atom. The summed E-state index contributed by atoms with van der Waals surface area (Å²) in [5, 5.41) is 14.4. The van der Waals surface area contributed by atoms with Gasteiger partial charge in [0.05, 0.1) is 11.9 Å². The average Bonchev–Trinajstić information content (AvgIpc) is 3.10. The van der Waals surface area contributed by atoms with Crippen molar-refractivity contribution in [1.29, 1.82) is 5.26 Å². The van der Waals surface area contributed by atoms with E-state index < -0.39 is 0 Å². The van der Waals surface area contributed by atoms with Gasteiger partial charge in [0.25, 0.3) is 0 Å². The third-order valence-corrected chi connectivity index (χ3v) is 4.74. The molecule has 1 unspecified atom stereocenters. The molecule has 0 bridgehead atoms. The van der Waals surface area contributed by atoms with E-state index >= 15 is 0 Å². The predicted molar refractivity (Wildman–Crippen MR) is 87.3 cm³/mol. The summed E-state index contributed by atoms with van der Waals surface area (Å²) in [6, 6.07) is 9.99. The van der Waals surface area contributed by atoms with E-state index in [0.29, 0.717) is 24.3 Å². The smallest absolute Gasteiger partial charge is 0.228 e. The predicted octanol–water partition coefficient (Wildman–Crippen LogP) is 2.80. The lowest BCUT2D eigenvalue weighted by Gasteiger charge is -2.18. The number of benzene rings is 1. The van der Waals surface area contributed by atoms with Gasteiger partial charge in [-0.1, -0.05) is 33.6 Å². The van der Waals surface area contributed by atoms with Crippen LogP contribution < -0.4 is 4.90 Å². The van der Waals surface area contributed by atoms with Crippen LogP contribution in [0.3, 0.4) is 0 Å². The van der Waals surface area contributed by atoms with Gasteiger partial charge >= 0.3 is 0 Å². The molecule has 0 saturated carbocycles. The number of nitriles is 1. The van der Waals surface area contributed by atoms with Crippen molar-refractivity contribution in [1.82, 2.24) is 9.78 Å². The van der Waals surface area contributed by atoms with Crippen molar-refractivity contribution in [2.75, 3.05) is 16.8 Å². The third-order valence-electron chi connectivity index (χ3n) is 3.82. The first-order valence-electron chi connectivity index (χ1n) is 7.05. The molecule has 1 fully saturated rings. The van der Waals surface area contributed by atoms with Gasteiger partial charge < -0.3 is 0 Å². The van der Waals surface area contributed by atoms with Crippen LogP contribution in [0.15, 0.2) is 30.5 Å². The molecule has 1 aromatic heterocycles. The molecular weight excluding hydrogens is 344 g/mol. The van der Waals surface area contributed by atoms with Crippen LogP contribution in [0.1, 0.15) is 17.5 Å². The highest BCUT2D eigenvalue weighted by Crippen LogP contribution is 2.30. The Hall–Kier alpha value is -2.13. The molecule has 2 aromatic rings. The lowest BCUT2D eigenvalue weighted by molar-refractivity contribution is -0.117. The number of aromatic nitrogens is 2. The van der Waals surface area contributed by atoms with Crippen molar-refractivity contribution in [2.24, 2.45) is 5.92 Å². The van der Waals surface area contributed by atoms with Crippen molar-refractivity contribution in [3.63, 3.8) is 0 Å². The fraction of sp³-hybridized carbons (Fsp3) is 0.312. The largest absolute Gasteiger partial charge is 0.295 e. The molecule has 22 heavy (non-hydrogen) atoms. The number of nitrogens with zero attached hydrogens (tertiary/aromatic N) is 4. The normalized spacial score (nSPS) is 17.8. The highest BCUT2D eigenvalue weighted by atomic mass is 79.9. The second-order valence-electron chi connectivity index (χ2n) is 5.47. The summed E-state index contributed by atoms with van der Waals surface area (Å²) in [4.78, 5) is 14.0. The first-order valence-corrected chi connectivity index (χ1v) is 8.17. The zero-order valence-corrected chi connectivity index (χ0v) is 13.7. The minimum absolute atomic E-state index is 0.0369. The number of carbonyl (C=O) groups excluding carboxylic acids is 1. The van der Waals surface area contributed by atoms with Crippen molar-refractivity contribution in [3.8, 4) is 11.8 Å². The second-order valence-corrected chi connectivity index (χ2v) is 6.12. The number of amides is 1. The Bertz CT molecular complexity index is 744. The first kappa shape index (κ1) is 14.8. The van der Waals surface area contributed by atoms with Gasteiger partial charge in [0.2, 0.25) is 5.91 Å². The Morgan fingerprint density at radius 2 is 2.14 bits per heavy atom. The quantitative estimate of drug-likeness (QED) is 0.792. The van der Waals surface area contributed by atoms with E-state index in [1.807, 2.05) is 31.2 Å². The maximum absolute atomic E-state index is 12.3. The molecule has 0 spiro atoms. The molecule has 1 aromatic carbocycles. The van der Waals surface area contributed by atoms with Gasteiger partial charge in [-0.3, -0.25) is 9.69 Å². The van der Waals surface area contributed by atoms with Crippen molar-refractivity contribution >= 4 is 27.7 Å². The van der Waals surface area contributed by atoms with E-state index in [0.717, 1.165) is 16.6 Å². The topological polar surface area (TPSA) is 61.9 Å². The molecule has 5 nitrogen and oxygen atoms in total. The maximum Gasteiger partial charge on any atom is 0.228 e. The zero-order chi connectivity index (χ0) is 15.7. The molecule has 1 atom stereocenters. The summed E-state index contributed by atoms with van der Waals surface area (Å²) < 4.78 is 1.67. The Morgan fingerprint density at radius 1 is 1.41 bits per heavy atom.